The maximum Gasteiger partial charge on any atom is 2.00 e. The average molecular weight is 295 g/mol. The molecule has 0 saturated carbocycles. The molecule has 0 fully saturated rings. The van der Waals surface area contributed by atoms with Crippen LogP contribution in [0.4, 0.5) is 14.4 Å². The van der Waals surface area contributed by atoms with Crippen LogP contribution in [0.5, 0.6) is 0 Å². The van der Waals surface area contributed by atoms with Gasteiger partial charge in [-0.3, -0.25) is 9.90 Å². The molecule has 0 unspecified atom stereocenters. The van der Waals surface area contributed by atoms with Crippen LogP contribution in [0, 0.1) is 0 Å². The van der Waals surface area contributed by atoms with Crippen molar-refractivity contribution in [3.05, 3.63) is 0 Å². The molecule has 0 atom stereocenters. The van der Waals surface area contributed by atoms with Crippen molar-refractivity contribution in [2.45, 2.75) is 0 Å². The molecule has 85 valence electrons. The van der Waals surface area contributed by atoms with Gasteiger partial charge in [0.2, 0.25) is 0 Å². The number of rotatable bonds is 0. The monoisotopic (exact) mass is 295 g/mol. The summed E-state index contributed by atoms with van der Waals surface area (Å²) in [7, 11) is 0. The van der Waals surface area contributed by atoms with Crippen molar-refractivity contribution >= 4 is 28.4 Å². The fourth-order valence-corrected chi connectivity index (χ4v) is 0. The molecule has 0 aliphatic rings. The van der Waals surface area contributed by atoms with E-state index in [9.17, 15) is 0 Å². The number of hydrogen-bond donors (Lipinski definition) is 0. The van der Waals surface area contributed by atoms with E-state index in [2.05, 4.69) is 0 Å². The molecule has 0 saturated heterocycles. The quantitative estimate of drug-likeness (QED) is 0.308. The van der Waals surface area contributed by atoms with E-state index in [4.69, 9.17) is 45.0 Å². The van der Waals surface area contributed by atoms with Gasteiger partial charge in [0.25, 0.3) is 0 Å². The van der Waals surface area contributed by atoms with Crippen molar-refractivity contribution in [1.82, 2.24) is 0 Å². The second kappa shape index (κ2) is 29.2. The zero-order chi connectivity index (χ0) is 10.7. The van der Waals surface area contributed by atoms with Crippen LogP contribution in [0.2, 0.25) is 0 Å². The number of carboxylic acid groups (broad SMARTS) is 6. The smallest absolute Gasteiger partial charge is 0.652 e. The molecule has 1 radical (unpaired) electrons. The Hall–Kier alpha value is -0.241. The minimum absolute atomic E-state index is 0. The third-order valence-corrected chi connectivity index (χ3v) is 0. The summed E-state index contributed by atoms with van der Waals surface area (Å²) in [6.07, 6.45) is -7.00. The fourth-order valence-electron chi connectivity index (χ4n) is 0. The molecule has 12 heteroatoms. The molecule has 0 rings (SSSR count). The van der Waals surface area contributed by atoms with Gasteiger partial charge in [0.15, 0.2) is 0 Å². The number of carbonyl (C=O) groups is 3. The van der Waals surface area contributed by atoms with E-state index in [1.54, 1.807) is 0 Å². The number of carbonyl (C=O) groups excluding carboxylic acids is 3. The minimum Gasteiger partial charge on any atom is -0.652 e. The van der Waals surface area contributed by atoms with Crippen molar-refractivity contribution in [3.8, 4) is 0 Å². The topological polar surface area (TPSA) is 190 Å². The zero-order valence-electron chi connectivity index (χ0n) is 6.55. The predicted octanol–water partition coefficient (Wildman–Crippen LogP) is -11.1. The summed E-state index contributed by atoms with van der Waals surface area (Å²) >= 11 is 0. The van der Waals surface area contributed by atoms with Gasteiger partial charge in [-0.1, -0.05) is 0 Å². The van der Waals surface area contributed by atoms with Crippen LogP contribution in [-0.2, 0) is 17.1 Å². The Balaban J connectivity index is -0.0000000184. The van der Waals surface area contributed by atoms with Gasteiger partial charge >= 0.3 is 46.6 Å². The summed E-state index contributed by atoms with van der Waals surface area (Å²) < 4.78 is 0. The van der Waals surface area contributed by atoms with Crippen LogP contribution in [-0.4, -0.2) is 18.5 Å². The summed E-state index contributed by atoms with van der Waals surface area (Å²) in [4.78, 5) is 25.0. The maximum absolute atomic E-state index is 8.33. The SMILES string of the molecule is O=C([O-])[O-].O=C([O-])[O-].O=C([O-])[O-].[Mn+2].[Na+].[PH6+3]. The normalized spacial score (nSPS) is 4.80. The van der Waals surface area contributed by atoms with Crippen LogP contribution in [0.25, 0.3) is 0 Å². The second-order valence-electron chi connectivity index (χ2n) is 0.750. The van der Waals surface area contributed by atoms with Gasteiger partial charge in [-0.25, -0.2) is 0 Å². The fraction of sp³-hybridized carbons (Fsp3) is 0. The Labute approximate surface area is 119 Å². The summed E-state index contributed by atoms with van der Waals surface area (Å²) in [6, 6.07) is 0. The van der Waals surface area contributed by atoms with Gasteiger partial charge in [0, 0.05) is 0 Å². The van der Waals surface area contributed by atoms with Crippen LogP contribution in [0.3, 0.4) is 0 Å². The molecule has 0 bridgehead atoms. The third kappa shape index (κ3) is 32900. The van der Waals surface area contributed by atoms with E-state index in [1.807, 2.05) is 0 Å². The molecule has 0 aliphatic heterocycles. The van der Waals surface area contributed by atoms with Gasteiger partial charge < -0.3 is 45.0 Å². The first kappa shape index (κ1) is 36.4. The largest absolute Gasteiger partial charge is 2.00 e. The number of hydrogen-bond acceptors (Lipinski definition) is 9. The molecule has 0 amide bonds. The summed E-state index contributed by atoms with van der Waals surface area (Å²) in [5, 5.41) is 50.0. The molecular formula is C3H6MnNaO9P. The standard InChI is InChI=1S/3CH2O3.Mn.Na.H6P/c3*2-1(3)4;;;/h3*(H2,2,3,4);;;1H6/q;;;+2;+1;+3/p-6. The van der Waals surface area contributed by atoms with Gasteiger partial charge in [0.05, 0.1) is 0 Å². The Morgan fingerprint density at radius 2 is 0.600 bits per heavy atom. The summed E-state index contributed by atoms with van der Waals surface area (Å²) in [5.41, 5.74) is 0. The van der Waals surface area contributed by atoms with Crippen molar-refractivity contribution in [1.29, 1.82) is 0 Å². The van der Waals surface area contributed by atoms with Crippen LogP contribution >= 0.6 is 9.90 Å². The zero-order valence-corrected chi connectivity index (χ0v) is 9.73. The van der Waals surface area contributed by atoms with E-state index in [0.29, 0.717) is 0 Å². The van der Waals surface area contributed by atoms with Crippen molar-refractivity contribution in [2.75, 3.05) is 0 Å². The van der Waals surface area contributed by atoms with E-state index < -0.39 is 18.5 Å². The molecule has 0 spiro atoms. The molecule has 0 aromatic rings. The van der Waals surface area contributed by atoms with E-state index in [1.165, 1.54) is 0 Å². The molecule has 0 aliphatic carbocycles. The first-order chi connectivity index (χ1) is 5.20. The molecular weight excluding hydrogens is 289 g/mol. The summed E-state index contributed by atoms with van der Waals surface area (Å²) in [6.45, 7) is 0. The first-order valence-electron chi connectivity index (χ1n) is 1.84. The van der Waals surface area contributed by atoms with Gasteiger partial charge in [-0.15, -0.1) is 0 Å². The first-order valence-corrected chi connectivity index (χ1v) is 1.84. The van der Waals surface area contributed by atoms with E-state index >= 15 is 0 Å². The van der Waals surface area contributed by atoms with Crippen LogP contribution < -0.4 is 60.2 Å². The predicted molar refractivity (Wildman–Crippen MR) is 31.5 cm³/mol. The molecule has 0 N–H and O–H groups in total. The van der Waals surface area contributed by atoms with Crippen molar-refractivity contribution in [2.24, 2.45) is 0 Å². The Kier molecular flexibility index (Phi) is 70.9. The van der Waals surface area contributed by atoms with Gasteiger partial charge in [-0.2, -0.15) is 0 Å². The molecule has 15 heavy (non-hydrogen) atoms. The van der Waals surface area contributed by atoms with E-state index in [-0.39, 0.29) is 56.5 Å². The third-order valence-electron chi connectivity index (χ3n) is 0. The molecule has 0 heterocycles. The average Bonchev–Trinajstić information content (AvgIpc) is 1.54. The minimum atomic E-state index is -2.33. The Morgan fingerprint density at radius 3 is 0.600 bits per heavy atom. The maximum atomic E-state index is 8.33. The van der Waals surface area contributed by atoms with Gasteiger partial charge in [-0.05, 0) is 18.5 Å². The molecule has 0 aromatic carbocycles. The Bertz CT molecular complexity index is 123. The summed E-state index contributed by atoms with van der Waals surface area (Å²) in [5.74, 6) is 0. The van der Waals surface area contributed by atoms with Gasteiger partial charge in [0.1, 0.15) is 0 Å². The van der Waals surface area contributed by atoms with Crippen LogP contribution in [0.15, 0.2) is 0 Å². The Morgan fingerprint density at radius 1 is 0.600 bits per heavy atom. The molecule has 9 nitrogen and oxygen atoms in total. The molecule has 0 aromatic heterocycles. The van der Waals surface area contributed by atoms with Crippen LogP contribution in [0.1, 0.15) is 0 Å². The van der Waals surface area contributed by atoms with Crippen molar-refractivity contribution < 1.29 is 91.6 Å². The van der Waals surface area contributed by atoms with E-state index in [0.717, 1.165) is 0 Å². The second-order valence-corrected chi connectivity index (χ2v) is 0.750. The van der Waals surface area contributed by atoms with Crippen molar-refractivity contribution in [3.63, 3.8) is 0 Å².